The molecule has 1 aliphatic carbocycles. The van der Waals surface area contributed by atoms with Crippen LogP contribution < -0.4 is 5.32 Å². The number of carbonyl (C=O) groups excluding carboxylic acids is 1. The molecule has 0 heterocycles. The molecule has 0 aromatic heterocycles. The number of benzene rings is 1. The standard InChI is InChI=1S/C14H17FN2O3/c1-17(8-10-2-4-11(15)5-3-10)9-12(18)16-14(6-7-14)13(19)20/h2-5H,6-9H2,1H3,(H,16,18)(H,19,20). The highest BCUT2D eigenvalue weighted by molar-refractivity contribution is 5.90. The van der Waals surface area contributed by atoms with Crippen molar-refractivity contribution >= 4 is 11.9 Å². The molecule has 6 heteroatoms. The van der Waals surface area contributed by atoms with Gasteiger partial charge in [-0.15, -0.1) is 0 Å². The molecule has 20 heavy (non-hydrogen) atoms. The quantitative estimate of drug-likeness (QED) is 0.815. The third kappa shape index (κ3) is 3.54. The van der Waals surface area contributed by atoms with E-state index >= 15 is 0 Å². The van der Waals surface area contributed by atoms with Gasteiger partial charge in [0.05, 0.1) is 6.54 Å². The lowest BCUT2D eigenvalue weighted by atomic mass is 10.2. The molecular weight excluding hydrogens is 263 g/mol. The summed E-state index contributed by atoms with van der Waals surface area (Å²) in [4.78, 5) is 24.5. The van der Waals surface area contributed by atoms with Gasteiger partial charge in [-0.05, 0) is 37.6 Å². The fourth-order valence-corrected chi connectivity index (χ4v) is 2.03. The van der Waals surface area contributed by atoms with Crippen LogP contribution in [0.15, 0.2) is 24.3 Å². The first kappa shape index (κ1) is 14.5. The van der Waals surface area contributed by atoms with Crippen molar-refractivity contribution in [3.8, 4) is 0 Å². The Labute approximate surface area is 116 Å². The average Bonchev–Trinajstić information content (AvgIpc) is 3.12. The molecule has 0 radical (unpaired) electrons. The monoisotopic (exact) mass is 280 g/mol. The van der Waals surface area contributed by atoms with Crippen LogP contribution in [-0.4, -0.2) is 41.0 Å². The second kappa shape index (κ2) is 5.58. The van der Waals surface area contributed by atoms with Gasteiger partial charge in [0.15, 0.2) is 0 Å². The molecule has 108 valence electrons. The average molecular weight is 280 g/mol. The van der Waals surface area contributed by atoms with Crippen LogP contribution in [0.5, 0.6) is 0 Å². The number of nitrogens with one attached hydrogen (secondary N) is 1. The molecule has 0 bridgehead atoms. The van der Waals surface area contributed by atoms with Crippen molar-refractivity contribution in [2.45, 2.75) is 24.9 Å². The highest BCUT2D eigenvalue weighted by Gasteiger charge is 2.51. The van der Waals surface area contributed by atoms with Crippen molar-refractivity contribution in [1.29, 1.82) is 0 Å². The number of hydrogen-bond acceptors (Lipinski definition) is 3. The summed E-state index contributed by atoms with van der Waals surface area (Å²) in [6, 6.07) is 6.05. The van der Waals surface area contributed by atoms with Gasteiger partial charge < -0.3 is 10.4 Å². The first-order chi connectivity index (χ1) is 9.41. The molecule has 5 nitrogen and oxygen atoms in total. The maximum absolute atomic E-state index is 12.8. The molecular formula is C14H17FN2O3. The van der Waals surface area contributed by atoms with Crippen LogP contribution in [0.3, 0.4) is 0 Å². The highest BCUT2D eigenvalue weighted by Crippen LogP contribution is 2.35. The molecule has 1 aromatic rings. The van der Waals surface area contributed by atoms with Crippen molar-refractivity contribution in [2.75, 3.05) is 13.6 Å². The summed E-state index contributed by atoms with van der Waals surface area (Å²) in [6.45, 7) is 0.597. The van der Waals surface area contributed by atoms with Gasteiger partial charge in [-0.2, -0.15) is 0 Å². The Balaban J connectivity index is 1.82. The highest BCUT2D eigenvalue weighted by atomic mass is 19.1. The predicted octanol–water partition coefficient (Wildman–Crippen LogP) is 0.991. The Morgan fingerprint density at radius 1 is 1.35 bits per heavy atom. The second-order valence-electron chi connectivity index (χ2n) is 5.23. The van der Waals surface area contributed by atoms with Gasteiger partial charge in [-0.3, -0.25) is 9.69 Å². The van der Waals surface area contributed by atoms with Gasteiger partial charge in [0.2, 0.25) is 5.91 Å². The van der Waals surface area contributed by atoms with Crippen LogP contribution in [-0.2, 0) is 16.1 Å². The molecule has 1 fully saturated rings. The van der Waals surface area contributed by atoms with Gasteiger partial charge in [-0.25, -0.2) is 9.18 Å². The van der Waals surface area contributed by atoms with Crippen molar-refractivity contribution in [2.24, 2.45) is 0 Å². The number of hydrogen-bond donors (Lipinski definition) is 2. The Morgan fingerprint density at radius 3 is 2.45 bits per heavy atom. The third-order valence-corrected chi connectivity index (χ3v) is 3.32. The van der Waals surface area contributed by atoms with E-state index in [1.165, 1.54) is 12.1 Å². The molecule has 0 saturated heterocycles. The van der Waals surface area contributed by atoms with E-state index in [0.717, 1.165) is 5.56 Å². The molecule has 2 rings (SSSR count). The lowest BCUT2D eigenvalue weighted by Gasteiger charge is -2.18. The number of aliphatic carboxylic acids is 1. The number of carboxylic acid groups (broad SMARTS) is 1. The largest absolute Gasteiger partial charge is 0.480 e. The minimum atomic E-state index is -1.05. The van der Waals surface area contributed by atoms with Crippen molar-refractivity contribution in [3.63, 3.8) is 0 Å². The summed E-state index contributed by atoms with van der Waals surface area (Å²) in [5.74, 6) is -1.59. The van der Waals surface area contributed by atoms with Crippen LogP contribution in [0.25, 0.3) is 0 Å². The predicted molar refractivity (Wildman–Crippen MR) is 70.5 cm³/mol. The maximum Gasteiger partial charge on any atom is 0.329 e. The van der Waals surface area contributed by atoms with Gasteiger partial charge >= 0.3 is 5.97 Å². The Hall–Kier alpha value is -1.95. The molecule has 0 spiro atoms. The normalized spacial score (nSPS) is 15.9. The lowest BCUT2D eigenvalue weighted by molar-refractivity contribution is -0.143. The molecule has 0 aliphatic heterocycles. The zero-order valence-electron chi connectivity index (χ0n) is 11.2. The Morgan fingerprint density at radius 2 is 1.95 bits per heavy atom. The van der Waals surface area contributed by atoms with E-state index in [1.54, 1.807) is 24.1 Å². The first-order valence-corrected chi connectivity index (χ1v) is 6.39. The van der Waals surface area contributed by atoms with E-state index in [1.807, 2.05) is 0 Å². The topological polar surface area (TPSA) is 69.6 Å². The Bertz CT molecular complexity index is 512. The van der Waals surface area contributed by atoms with Crippen LogP contribution >= 0.6 is 0 Å². The number of carbonyl (C=O) groups is 2. The van der Waals surface area contributed by atoms with Crippen molar-refractivity contribution in [1.82, 2.24) is 10.2 Å². The number of amides is 1. The minimum absolute atomic E-state index is 0.104. The van der Waals surface area contributed by atoms with Crippen LogP contribution in [0, 0.1) is 5.82 Å². The van der Waals surface area contributed by atoms with E-state index in [2.05, 4.69) is 5.32 Å². The molecule has 2 N–H and O–H groups in total. The summed E-state index contributed by atoms with van der Waals surface area (Å²) in [5, 5.41) is 11.5. The second-order valence-corrected chi connectivity index (χ2v) is 5.23. The van der Waals surface area contributed by atoms with E-state index in [-0.39, 0.29) is 18.3 Å². The number of rotatable bonds is 6. The minimum Gasteiger partial charge on any atom is -0.480 e. The van der Waals surface area contributed by atoms with E-state index in [9.17, 15) is 14.0 Å². The number of nitrogens with zero attached hydrogens (tertiary/aromatic N) is 1. The molecule has 0 unspecified atom stereocenters. The van der Waals surface area contributed by atoms with E-state index in [0.29, 0.717) is 19.4 Å². The summed E-state index contributed by atoms with van der Waals surface area (Å²) in [6.07, 6.45) is 0.964. The van der Waals surface area contributed by atoms with Crippen LogP contribution in [0.1, 0.15) is 18.4 Å². The van der Waals surface area contributed by atoms with E-state index in [4.69, 9.17) is 5.11 Å². The zero-order chi connectivity index (χ0) is 14.8. The van der Waals surface area contributed by atoms with Crippen LogP contribution in [0.2, 0.25) is 0 Å². The van der Waals surface area contributed by atoms with Gasteiger partial charge in [0.1, 0.15) is 11.4 Å². The molecule has 1 saturated carbocycles. The number of halogens is 1. The maximum atomic E-state index is 12.8. The lowest BCUT2D eigenvalue weighted by Crippen LogP contribution is -2.46. The summed E-state index contributed by atoms with van der Waals surface area (Å²) < 4.78 is 12.8. The zero-order valence-corrected chi connectivity index (χ0v) is 11.2. The number of carboxylic acids is 1. The summed E-state index contributed by atoms with van der Waals surface area (Å²) in [7, 11) is 1.75. The molecule has 0 atom stereocenters. The van der Waals surface area contributed by atoms with Gasteiger partial charge in [0, 0.05) is 6.54 Å². The smallest absolute Gasteiger partial charge is 0.329 e. The Kier molecular flexibility index (Phi) is 4.04. The summed E-state index contributed by atoms with van der Waals surface area (Å²) >= 11 is 0. The fraction of sp³-hybridized carbons (Fsp3) is 0.429. The van der Waals surface area contributed by atoms with Gasteiger partial charge in [0.25, 0.3) is 0 Å². The van der Waals surface area contributed by atoms with E-state index < -0.39 is 11.5 Å². The molecule has 1 aromatic carbocycles. The fourth-order valence-electron chi connectivity index (χ4n) is 2.03. The van der Waals surface area contributed by atoms with Crippen molar-refractivity contribution < 1.29 is 19.1 Å². The van der Waals surface area contributed by atoms with Crippen LogP contribution in [0.4, 0.5) is 4.39 Å². The third-order valence-electron chi connectivity index (χ3n) is 3.32. The first-order valence-electron chi connectivity index (χ1n) is 6.39. The van der Waals surface area contributed by atoms with Gasteiger partial charge in [-0.1, -0.05) is 12.1 Å². The number of likely N-dealkylation sites (N-methyl/N-ethyl adjacent to an activating group) is 1. The molecule has 1 amide bonds. The molecule has 1 aliphatic rings. The van der Waals surface area contributed by atoms with Crippen molar-refractivity contribution in [3.05, 3.63) is 35.6 Å². The summed E-state index contributed by atoms with van der Waals surface area (Å²) in [5.41, 5.74) is -0.158. The SMILES string of the molecule is CN(CC(=O)NC1(C(=O)O)CC1)Cc1ccc(F)cc1.